The molecule has 8 nitrogen and oxygen atoms in total. The van der Waals surface area contributed by atoms with Crippen molar-refractivity contribution in [3.05, 3.63) is 17.5 Å². The molecule has 0 aliphatic carbocycles. The van der Waals surface area contributed by atoms with Crippen LogP contribution in [-0.2, 0) is 16.6 Å². The van der Waals surface area contributed by atoms with E-state index in [0.29, 0.717) is 6.07 Å². The lowest BCUT2D eigenvalue weighted by atomic mass is 9.95. The van der Waals surface area contributed by atoms with Crippen molar-refractivity contribution in [3.8, 4) is 11.6 Å². The van der Waals surface area contributed by atoms with E-state index in [1.165, 1.54) is 0 Å². The molecule has 1 aliphatic rings. The smallest absolute Gasteiger partial charge is 0.416 e. The van der Waals surface area contributed by atoms with Crippen LogP contribution >= 0.6 is 0 Å². The highest BCUT2D eigenvalue weighted by Crippen LogP contribution is 2.44. The van der Waals surface area contributed by atoms with Crippen LogP contribution in [0.15, 0.2) is 10.5 Å². The van der Waals surface area contributed by atoms with Gasteiger partial charge in [-0.2, -0.15) is 26.3 Å². The van der Waals surface area contributed by atoms with Crippen LogP contribution in [0.3, 0.4) is 0 Å². The van der Waals surface area contributed by atoms with E-state index in [4.69, 9.17) is 10.2 Å². The van der Waals surface area contributed by atoms with E-state index < -0.39 is 64.8 Å². The maximum absolute atomic E-state index is 13.5. The number of amides is 1. The van der Waals surface area contributed by atoms with Crippen molar-refractivity contribution in [1.29, 1.82) is 0 Å². The molecule has 1 atom stereocenters. The van der Waals surface area contributed by atoms with E-state index in [9.17, 15) is 36.2 Å². The van der Waals surface area contributed by atoms with Gasteiger partial charge in [0.25, 0.3) is 11.8 Å². The number of hydrogen-bond donors (Lipinski definition) is 3. The SMILES string of the molecule is Nc1cc(C(F)(F)F)c2nc1-c1nnc(o1)[C@@](O)(C(F)(F)F)CCCCCC(=O)N2. The molecule has 4 bridgehead atoms. The summed E-state index contributed by atoms with van der Waals surface area (Å²) in [7, 11) is 0. The summed E-state index contributed by atoms with van der Waals surface area (Å²) < 4.78 is 85.4. The zero-order chi connectivity index (χ0) is 22.3. The van der Waals surface area contributed by atoms with Crippen molar-refractivity contribution in [2.45, 2.75) is 50.1 Å². The minimum absolute atomic E-state index is 0.0675. The van der Waals surface area contributed by atoms with Crippen LogP contribution in [0.4, 0.5) is 37.8 Å². The Kier molecular flexibility index (Phi) is 5.39. The molecule has 14 heteroatoms. The standard InChI is InChI=1S/C16H15F6N5O3/c17-15(18,19)7-6-8(23)10-12-26-27-13(30-12)14(29,16(20,21)22)5-3-1-2-4-9(28)24-11(7)25-10/h6,29H,1-5,23H2,(H,24,25,28)/t14-/m1/s1. The van der Waals surface area contributed by atoms with E-state index in [1.54, 1.807) is 0 Å². The Balaban J connectivity index is 2.18. The van der Waals surface area contributed by atoms with Crippen molar-refractivity contribution in [3.63, 3.8) is 0 Å². The van der Waals surface area contributed by atoms with Crippen molar-refractivity contribution >= 4 is 17.4 Å². The fourth-order valence-electron chi connectivity index (χ4n) is 2.91. The summed E-state index contributed by atoms with van der Waals surface area (Å²) in [6, 6.07) is 0.448. The number of aliphatic hydroxyl groups is 1. The molecule has 0 spiro atoms. The van der Waals surface area contributed by atoms with Gasteiger partial charge in [-0.05, 0) is 25.3 Å². The average Bonchev–Trinajstić information content (AvgIpc) is 3.10. The Bertz CT molecular complexity index is 958. The van der Waals surface area contributed by atoms with Gasteiger partial charge in [0.1, 0.15) is 11.4 Å². The molecule has 1 amide bonds. The van der Waals surface area contributed by atoms with Gasteiger partial charge in [0, 0.05) is 6.42 Å². The third kappa shape index (κ3) is 4.04. The molecule has 30 heavy (non-hydrogen) atoms. The van der Waals surface area contributed by atoms with Gasteiger partial charge in [0.15, 0.2) is 5.69 Å². The zero-order valence-corrected chi connectivity index (χ0v) is 15.1. The molecule has 0 saturated heterocycles. The molecule has 3 rings (SSSR count). The molecule has 2 aromatic heterocycles. The highest BCUT2D eigenvalue weighted by atomic mass is 19.4. The van der Waals surface area contributed by atoms with E-state index in [0.717, 1.165) is 0 Å². The third-order valence-electron chi connectivity index (χ3n) is 4.51. The second-order valence-electron chi connectivity index (χ2n) is 6.70. The molecule has 0 aromatic carbocycles. The van der Waals surface area contributed by atoms with Crippen molar-refractivity contribution < 1.29 is 40.7 Å². The molecule has 3 heterocycles. The second-order valence-corrected chi connectivity index (χ2v) is 6.70. The Morgan fingerprint density at radius 3 is 2.47 bits per heavy atom. The van der Waals surface area contributed by atoms with Gasteiger partial charge >= 0.3 is 12.4 Å². The minimum Gasteiger partial charge on any atom is -0.416 e. The lowest BCUT2D eigenvalue weighted by Gasteiger charge is -2.26. The summed E-state index contributed by atoms with van der Waals surface area (Å²) >= 11 is 0. The van der Waals surface area contributed by atoms with Crippen LogP contribution < -0.4 is 11.1 Å². The fraction of sp³-hybridized carbons (Fsp3) is 0.500. The molecule has 0 fully saturated rings. The van der Waals surface area contributed by atoms with Gasteiger partial charge in [-0.3, -0.25) is 4.79 Å². The second kappa shape index (κ2) is 7.41. The van der Waals surface area contributed by atoms with Gasteiger partial charge in [0.05, 0.1) is 5.69 Å². The third-order valence-corrected chi connectivity index (χ3v) is 4.51. The largest absolute Gasteiger partial charge is 0.426 e. The summed E-state index contributed by atoms with van der Waals surface area (Å²) in [6.45, 7) is 0. The molecule has 0 saturated carbocycles. The van der Waals surface area contributed by atoms with Crippen LogP contribution in [0.5, 0.6) is 0 Å². The number of halogens is 6. The number of fused-ring (bicyclic) bond motifs is 5. The molecule has 1 aliphatic heterocycles. The van der Waals surface area contributed by atoms with E-state index in [1.807, 2.05) is 5.32 Å². The number of nitrogens with zero attached hydrogens (tertiary/aromatic N) is 3. The maximum Gasteiger partial charge on any atom is 0.426 e. The number of carbonyl (C=O) groups is 1. The summed E-state index contributed by atoms with van der Waals surface area (Å²) in [5.74, 6) is -3.65. The first-order valence-electron chi connectivity index (χ1n) is 8.64. The number of nitrogens with two attached hydrogens (primary N) is 1. The molecule has 2 aromatic rings. The van der Waals surface area contributed by atoms with Crippen LogP contribution in [-0.4, -0.2) is 32.4 Å². The van der Waals surface area contributed by atoms with Crippen molar-refractivity contribution in [1.82, 2.24) is 15.2 Å². The average molecular weight is 439 g/mol. The Morgan fingerprint density at radius 2 is 1.83 bits per heavy atom. The summed E-state index contributed by atoms with van der Waals surface area (Å²) in [4.78, 5) is 15.6. The lowest BCUT2D eigenvalue weighted by Crippen LogP contribution is -2.42. The first kappa shape index (κ1) is 21.8. The molecular formula is C16H15F6N5O3. The minimum atomic E-state index is -5.17. The Morgan fingerprint density at radius 1 is 1.13 bits per heavy atom. The zero-order valence-electron chi connectivity index (χ0n) is 15.1. The van der Waals surface area contributed by atoms with Crippen LogP contribution in [0, 0.1) is 0 Å². The first-order chi connectivity index (χ1) is 13.8. The maximum atomic E-state index is 13.5. The van der Waals surface area contributed by atoms with Gasteiger partial charge in [-0.25, -0.2) is 4.98 Å². The van der Waals surface area contributed by atoms with Crippen molar-refractivity contribution in [2.24, 2.45) is 0 Å². The monoisotopic (exact) mass is 439 g/mol. The normalized spacial score (nSPS) is 21.1. The fourth-order valence-corrected chi connectivity index (χ4v) is 2.91. The van der Waals surface area contributed by atoms with Gasteiger partial charge in [-0.15, -0.1) is 10.2 Å². The van der Waals surface area contributed by atoms with E-state index in [-0.39, 0.29) is 25.7 Å². The molecule has 0 radical (unpaired) electrons. The number of rotatable bonds is 0. The molecular weight excluding hydrogens is 424 g/mol. The van der Waals surface area contributed by atoms with E-state index >= 15 is 0 Å². The van der Waals surface area contributed by atoms with Crippen LogP contribution in [0.25, 0.3) is 11.6 Å². The number of hydrogen-bond acceptors (Lipinski definition) is 7. The summed E-state index contributed by atoms with van der Waals surface area (Å²) in [6.07, 6.45) is -11.2. The number of pyridine rings is 1. The van der Waals surface area contributed by atoms with E-state index in [2.05, 4.69) is 15.2 Å². The number of anilines is 2. The highest BCUT2D eigenvalue weighted by molar-refractivity contribution is 5.91. The molecule has 164 valence electrons. The Hall–Kier alpha value is -2.90. The van der Waals surface area contributed by atoms with Crippen LogP contribution in [0.1, 0.15) is 43.6 Å². The lowest BCUT2D eigenvalue weighted by molar-refractivity contribution is -0.277. The molecule has 4 N–H and O–H groups in total. The molecule has 0 unspecified atom stereocenters. The summed E-state index contributed by atoms with van der Waals surface area (Å²) in [5.41, 5.74) is -0.458. The number of nitrogen functional groups attached to an aromatic ring is 1. The quantitative estimate of drug-likeness (QED) is 0.537. The van der Waals surface area contributed by atoms with Crippen molar-refractivity contribution in [2.75, 3.05) is 11.1 Å². The predicted molar refractivity (Wildman–Crippen MR) is 88.6 cm³/mol. The number of aromatic nitrogens is 3. The number of carbonyl (C=O) groups excluding carboxylic acids is 1. The van der Waals surface area contributed by atoms with Gasteiger partial charge < -0.3 is 20.6 Å². The first-order valence-corrected chi connectivity index (χ1v) is 8.64. The number of alkyl halides is 6. The summed E-state index contributed by atoms with van der Waals surface area (Å²) in [5, 5.41) is 18.8. The van der Waals surface area contributed by atoms with Gasteiger partial charge in [0.2, 0.25) is 11.5 Å². The number of nitrogens with one attached hydrogen (secondary N) is 1. The topological polar surface area (TPSA) is 127 Å². The predicted octanol–water partition coefficient (Wildman–Crippen LogP) is 3.39. The van der Waals surface area contributed by atoms with Gasteiger partial charge in [-0.1, -0.05) is 6.42 Å². The highest BCUT2D eigenvalue weighted by Gasteiger charge is 2.58. The van der Waals surface area contributed by atoms with Crippen LogP contribution in [0.2, 0.25) is 0 Å². The Labute approximate surface area is 164 Å².